The molecule has 0 amide bonds. The molecule has 0 radical (unpaired) electrons. The van der Waals surface area contributed by atoms with Crippen molar-refractivity contribution in [2.45, 2.75) is 6.92 Å². The van der Waals surface area contributed by atoms with Crippen molar-refractivity contribution in [1.29, 1.82) is 0 Å². The molecule has 3 nitrogen and oxygen atoms in total. The third kappa shape index (κ3) is 2.94. The summed E-state index contributed by atoms with van der Waals surface area (Å²) in [6.45, 7) is 2.53. The highest BCUT2D eigenvalue weighted by Crippen LogP contribution is 2.30. The summed E-state index contributed by atoms with van der Waals surface area (Å²) in [6, 6.07) is 7.46. The Labute approximate surface area is 123 Å². The van der Waals surface area contributed by atoms with Gasteiger partial charge in [-0.05, 0) is 35.0 Å². The van der Waals surface area contributed by atoms with Gasteiger partial charge in [0.05, 0.1) is 11.1 Å². The third-order valence-electron chi connectivity index (χ3n) is 2.17. The van der Waals surface area contributed by atoms with Crippen molar-refractivity contribution in [2.75, 3.05) is 6.61 Å². The molecule has 0 saturated heterocycles. The summed E-state index contributed by atoms with van der Waals surface area (Å²) in [5, 5.41) is 0.568. The Morgan fingerprint density at radius 1 is 1.22 bits per heavy atom. The Morgan fingerprint density at radius 3 is 2.50 bits per heavy atom. The number of benzene rings is 1. The molecule has 0 fully saturated rings. The normalized spacial score (nSPS) is 10.4. The molecular formula is C12H9BrCl2N2O. The van der Waals surface area contributed by atoms with Crippen molar-refractivity contribution >= 4 is 39.1 Å². The van der Waals surface area contributed by atoms with E-state index in [0.29, 0.717) is 16.9 Å². The van der Waals surface area contributed by atoms with Crippen molar-refractivity contribution in [3.05, 3.63) is 39.0 Å². The summed E-state index contributed by atoms with van der Waals surface area (Å²) < 4.78 is 5.92. The lowest BCUT2D eigenvalue weighted by molar-refractivity contribution is 0.340. The quantitative estimate of drug-likeness (QED) is 0.760. The van der Waals surface area contributed by atoms with Crippen LogP contribution in [0.2, 0.25) is 10.3 Å². The Balaban J connectivity index is 2.45. The molecule has 2 aromatic rings. The fourth-order valence-electron chi connectivity index (χ4n) is 1.41. The number of halogens is 3. The van der Waals surface area contributed by atoms with Gasteiger partial charge in [-0.25, -0.2) is 9.97 Å². The lowest BCUT2D eigenvalue weighted by Crippen LogP contribution is -1.94. The van der Waals surface area contributed by atoms with Crippen LogP contribution in [0.3, 0.4) is 0 Å². The predicted molar refractivity (Wildman–Crippen MR) is 76.4 cm³/mol. The van der Waals surface area contributed by atoms with E-state index in [9.17, 15) is 0 Å². The molecule has 0 aliphatic heterocycles. The van der Waals surface area contributed by atoms with E-state index in [1.165, 1.54) is 0 Å². The first kappa shape index (κ1) is 13.6. The van der Waals surface area contributed by atoms with Crippen LogP contribution >= 0.6 is 39.1 Å². The van der Waals surface area contributed by atoms with Crippen LogP contribution in [-0.2, 0) is 0 Å². The average molecular weight is 348 g/mol. The van der Waals surface area contributed by atoms with Crippen LogP contribution in [0.1, 0.15) is 6.92 Å². The molecule has 0 N–H and O–H groups in total. The van der Waals surface area contributed by atoms with Crippen LogP contribution in [-0.4, -0.2) is 16.6 Å². The maximum Gasteiger partial charge on any atom is 0.162 e. The second-order valence-electron chi connectivity index (χ2n) is 3.40. The molecule has 1 aromatic carbocycles. The Hall–Kier alpha value is -0.840. The topological polar surface area (TPSA) is 35.0 Å². The molecule has 6 heteroatoms. The van der Waals surface area contributed by atoms with Gasteiger partial charge in [-0.15, -0.1) is 0 Å². The van der Waals surface area contributed by atoms with E-state index in [0.717, 1.165) is 11.3 Å². The van der Waals surface area contributed by atoms with Crippen molar-refractivity contribution in [2.24, 2.45) is 0 Å². The first-order valence-electron chi connectivity index (χ1n) is 5.23. The van der Waals surface area contributed by atoms with Crippen molar-refractivity contribution in [3.8, 4) is 17.1 Å². The van der Waals surface area contributed by atoms with Gasteiger partial charge in [0.2, 0.25) is 0 Å². The number of rotatable bonds is 3. The molecule has 0 aliphatic carbocycles. The second kappa shape index (κ2) is 5.87. The van der Waals surface area contributed by atoms with Gasteiger partial charge in [0, 0.05) is 5.56 Å². The lowest BCUT2D eigenvalue weighted by atomic mass is 10.2. The number of ether oxygens (including phenoxy) is 1. The Morgan fingerprint density at radius 2 is 1.89 bits per heavy atom. The molecule has 0 bridgehead atoms. The number of nitrogens with zero attached hydrogens (tertiary/aromatic N) is 2. The minimum Gasteiger partial charge on any atom is -0.494 e. The van der Waals surface area contributed by atoms with Crippen molar-refractivity contribution < 1.29 is 4.74 Å². The van der Waals surface area contributed by atoms with Gasteiger partial charge < -0.3 is 4.74 Å². The summed E-state index contributed by atoms with van der Waals surface area (Å²) in [6.07, 6.45) is 0. The van der Waals surface area contributed by atoms with Gasteiger partial charge in [-0.1, -0.05) is 35.3 Å². The van der Waals surface area contributed by atoms with E-state index in [2.05, 4.69) is 25.9 Å². The SMILES string of the molecule is CCOc1cccc(-c2nc(Cl)c(Br)c(Cl)n2)c1. The maximum atomic E-state index is 5.96. The summed E-state index contributed by atoms with van der Waals surface area (Å²) in [4.78, 5) is 8.34. The number of aromatic nitrogens is 2. The Kier molecular flexibility index (Phi) is 4.43. The zero-order valence-electron chi connectivity index (χ0n) is 9.45. The smallest absolute Gasteiger partial charge is 0.162 e. The highest BCUT2D eigenvalue weighted by atomic mass is 79.9. The summed E-state index contributed by atoms with van der Waals surface area (Å²) in [5.41, 5.74) is 0.803. The van der Waals surface area contributed by atoms with Gasteiger partial charge in [0.25, 0.3) is 0 Å². The molecule has 1 heterocycles. The molecular weight excluding hydrogens is 339 g/mol. The van der Waals surface area contributed by atoms with Gasteiger partial charge >= 0.3 is 0 Å². The van der Waals surface area contributed by atoms with E-state index >= 15 is 0 Å². The van der Waals surface area contributed by atoms with Gasteiger partial charge in [0.15, 0.2) is 5.82 Å². The molecule has 0 atom stereocenters. The van der Waals surface area contributed by atoms with Crippen LogP contribution in [0, 0.1) is 0 Å². The molecule has 0 saturated carbocycles. The van der Waals surface area contributed by atoms with Gasteiger partial charge in [-0.3, -0.25) is 0 Å². The molecule has 0 spiro atoms. The standard InChI is InChI=1S/C12H9BrCl2N2O/c1-2-18-8-5-3-4-7(6-8)12-16-10(14)9(13)11(15)17-12/h3-6H,2H2,1H3. The van der Waals surface area contributed by atoms with Crippen molar-refractivity contribution in [3.63, 3.8) is 0 Å². The van der Waals surface area contributed by atoms with Crippen LogP contribution in [0.4, 0.5) is 0 Å². The molecule has 0 aliphatic rings. The zero-order valence-corrected chi connectivity index (χ0v) is 12.6. The summed E-state index contributed by atoms with van der Waals surface area (Å²) in [5.74, 6) is 1.23. The number of hydrogen-bond acceptors (Lipinski definition) is 3. The van der Waals surface area contributed by atoms with Crippen LogP contribution < -0.4 is 4.74 Å². The van der Waals surface area contributed by atoms with Gasteiger partial charge in [0.1, 0.15) is 16.1 Å². The molecule has 18 heavy (non-hydrogen) atoms. The largest absolute Gasteiger partial charge is 0.494 e. The molecule has 1 aromatic heterocycles. The number of hydrogen-bond donors (Lipinski definition) is 0. The highest BCUT2D eigenvalue weighted by Gasteiger charge is 2.10. The fourth-order valence-corrected chi connectivity index (χ4v) is 1.98. The maximum absolute atomic E-state index is 5.96. The first-order valence-corrected chi connectivity index (χ1v) is 6.78. The summed E-state index contributed by atoms with van der Waals surface area (Å²) >= 11 is 15.1. The predicted octanol–water partition coefficient (Wildman–Crippen LogP) is 4.61. The molecule has 94 valence electrons. The zero-order chi connectivity index (χ0) is 13.1. The average Bonchev–Trinajstić information content (AvgIpc) is 2.36. The van der Waals surface area contributed by atoms with E-state index in [1.807, 2.05) is 31.2 Å². The Bertz CT molecular complexity index is 555. The fraction of sp³-hybridized carbons (Fsp3) is 0.167. The van der Waals surface area contributed by atoms with Crippen LogP contribution in [0.15, 0.2) is 28.7 Å². The minimum atomic E-state index is 0.284. The minimum absolute atomic E-state index is 0.284. The van der Waals surface area contributed by atoms with Crippen LogP contribution in [0.5, 0.6) is 5.75 Å². The lowest BCUT2D eigenvalue weighted by Gasteiger charge is -2.06. The van der Waals surface area contributed by atoms with E-state index in [-0.39, 0.29) is 10.3 Å². The molecule has 0 unspecified atom stereocenters. The summed E-state index contributed by atoms with van der Waals surface area (Å²) in [7, 11) is 0. The van der Waals surface area contributed by atoms with Crippen LogP contribution in [0.25, 0.3) is 11.4 Å². The molecule has 2 rings (SSSR count). The first-order chi connectivity index (χ1) is 8.61. The third-order valence-corrected chi connectivity index (χ3v) is 3.93. The van der Waals surface area contributed by atoms with E-state index in [1.54, 1.807) is 0 Å². The second-order valence-corrected chi connectivity index (χ2v) is 4.91. The highest BCUT2D eigenvalue weighted by molar-refractivity contribution is 9.10. The van der Waals surface area contributed by atoms with Crippen molar-refractivity contribution in [1.82, 2.24) is 9.97 Å². The monoisotopic (exact) mass is 346 g/mol. The van der Waals surface area contributed by atoms with E-state index in [4.69, 9.17) is 27.9 Å². The van der Waals surface area contributed by atoms with Gasteiger partial charge in [-0.2, -0.15) is 0 Å². The van der Waals surface area contributed by atoms with E-state index < -0.39 is 0 Å².